The molecule has 1 fully saturated rings. The van der Waals surface area contributed by atoms with Crippen LogP contribution in [0.2, 0.25) is 18.1 Å². The van der Waals surface area contributed by atoms with Gasteiger partial charge in [0.15, 0.2) is 8.32 Å². The molecule has 0 radical (unpaired) electrons. The Kier molecular flexibility index (Phi) is 17.3. The molecule has 1 aliphatic rings. The van der Waals surface area contributed by atoms with Crippen molar-refractivity contribution in [3.8, 4) is 0 Å². The molecule has 4 heteroatoms. The van der Waals surface area contributed by atoms with Gasteiger partial charge in [0, 0.05) is 6.42 Å². The number of carbonyl (C=O) groups excluding carboxylic acids is 1. The van der Waals surface area contributed by atoms with Crippen LogP contribution in [0.25, 0.3) is 0 Å². The second-order valence-electron chi connectivity index (χ2n) is 9.82. The highest BCUT2D eigenvalue weighted by Crippen LogP contribution is 2.30. The van der Waals surface area contributed by atoms with Crippen LogP contribution in [-0.4, -0.2) is 27.0 Å². The summed E-state index contributed by atoms with van der Waals surface area (Å²) in [5.74, 6) is 0.00480. The van der Waals surface area contributed by atoms with Gasteiger partial charge in [-0.15, -0.1) is 0 Å². The fourth-order valence-corrected chi connectivity index (χ4v) is 7.87. The molecule has 0 aromatic carbocycles. The number of rotatable bonds is 5. The predicted molar refractivity (Wildman–Crippen MR) is 141 cm³/mol. The zero-order chi connectivity index (χ0) is 23.5. The molecular formula is C28H54O3Si. The van der Waals surface area contributed by atoms with Crippen LogP contribution in [0.4, 0.5) is 0 Å². The first-order valence-corrected chi connectivity index (χ1v) is 16.6. The minimum Gasteiger partial charge on any atom is -0.466 e. The second kappa shape index (κ2) is 18.8. The van der Waals surface area contributed by atoms with E-state index < -0.39 is 8.32 Å². The lowest BCUT2D eigenvalue weighted by Gasteiger charge is -2.35. The monoisotopic (exact) mass is 466 g/mol. The molecule has 1 aliphatic heterocycles. The van der Waals surface area contributed by atoms with E-state index in [-0.39, 0.29) is 5.97 Å². The summed E-state index contributed by atoms with van der Waals surface area (Å²) < 4.78 is 12.4. The Morgan fingerprint density at radius 1 is 0.781 bits per heavy atom. The predicted octanol–water partition coefficient (Wildman–Crippen LogP) is 9.12. The Labute approximate surface area is 201 Å². The van der Waals surface area contributed by atoms with Gasteiger partial charge in [-0.3, -0.25) is 4.79 Å². The van der Waals surface area contributed by atoms with E-state index in [1.165, 1.54) is 95.2 Å². The molecule has 0 amide bonds. The maximum absolute atomic E-state index is 11.8. The third-order valence-electron chi connectivity index (χ3n) is 7.58. The van der Waals surface area contributed by atoms with Crippen LogP contribution < -0.4 is 0 Å². The zero-order valence-corrected chi connectivity index (χ0v) is 23.0. The summed E-state index contributed by atoms with van der Waals surface area (Å²) in [4.78, 5) is 11.8. The van der Waals surface area contributed by atoms with Crippen molar-refractivity contribution in [3.63, 3.8) is 0 Å². The van der Waals surface area contributed by atoms with E-state index >= 15 is 0 Å². The van der Waals surface area contributed by atoms with E-state index in [0.717, 1.165) is 19.3 Å². The summed E-state index contributed by atoms with van der Waals surface area (Å²) >= 11 is 0. The van der Waals surface area contributed by atoms with Crippen molar-refractivity contribution in [2.24, 2.45) is 0 Å². The smallest absolute Gasteiger partial charge is 0.305 e. The van der Waals surface area contributed by atoms with Gasteiger partial charge in [-0.25, -0.2) is 0 Å². The highest BCUT2D eigenvalue weighted by Gasteiger charge is 2.32. The Morgan fingerprint density at radius 3 is 1.84 bits per heavy atom. The molecule has 0 spiro atoms. The standard InChI is InChI=1S/C28H54O3Si/c1-5-26-22-18-14-10-9-13-17-21-25-30-28(29)24-20-16-12-11-15-19-23-27(26)31-32(6-2,7-3)8-4/h5,27H,6-25H2,1-4H3/b26-5+. The third kappa shape index (κ3) is 12.6. The molecule has 1 heterocycles. The first-order valence-electron chi connectivity index (χ1n) is 14.1. The molecular weight excluding hydrogens is 412 g/mol. The van der Waals surface area contributed by atoms with Crippen molar-refractivity contribution < 1.29 is 14.0 Å². The second-order valence-corrected chi connectivity index (χ2v) is 14.5. The van der Waals surface area contributed by atoms with Crippen molar-refractivity contribution in [2.45, 2.75) is 155 Å². The summed E-state index contributed by atoms with van der Waals surface area (Å²) in [5, 5.41) is 0. The molecule has 1 saturated heterocycles. The lowest BCUT2D eigenvalue weighted by molar-refractivity contribution is -0.143. The van der Waals surface area contributed by atoms with E-state index in [2.05, 4.69) is 33.8 Å². The van der Waals surface area contributed by atoms with E-state index in [4.69, 9.17) is 9.16 Å². The van der Waals surface area contributed by atoms with Crippen LogP contribution in [-0.2, 0) is 14.0 Å². The van der Waals surface area contributed by atoms with Gasteiger partial charge >= 0.3 is 5.97 Å². The molecule has 32 heavy (non-hydrogen) atoms. The number of ether oxygens (including phenoxy) is 1. The molecule has 0 aromatic heterocycles. The molecule has 1 atom stereocenters. The van der Waals surface area contributed by atoms with Crippen molar-refractivity contribution in [3.05, 3.63) is 11.6 Å². The normalized spacial score (nSPS) is 23.9. The first-order chi connectivity index (χ1) is 15.6. The Balaban J connectivity index is 2.68. The van der Waals surface area contributed by atoms with Crippen molar-refractivity contribution in [2.75, 3.05) is 6.61 Å². The molecule has 0 aromatic rings. The van der Waals surface area contributed by atoms with Gasteiger partial charge in [0.05, 0.1) is 12.7 Å². The molecule has 0 N–H and O–H groups in total. The minimum absolute atomic E-state index is 0.00480. The van der Waals surface area contributed by atoms with E-state index in [0.29, 0.717) is 19.1 Å². The van der Waals surface area contributed by atoms with E-state index in [1.54, 1.807) is 5.57 Å². The maximum Gasteiger partial charge on any atom is 0.305 e. The van der Waals surface area contributed by atoms with E-state index in [1.807, 2.05) is 0 Å². The lowest BCUT2D eigenvalue weighted by atomic mass is 9.97. The Morgan fingerprint density at radius 2 is 1.28 bits per heavy atom. The Bertz CT molecular complexity index is 491. The van der Waals surface area contributed by atoms with Crippen LogP contribution >= 0.6 is 0 Å². The van der Waals surface area contributed by atoms with Crippen LogP contribution in [0, 0.1) is 0 Å². The molecule has 1 unspecified atom stereocenters. The fourth-order valence-electron chi connectivity index (χ4n) is 4.99. The lowest BCUT2D eigenvalue weighted by Crippen LogP contribution is -2.40. The van der Waals surface area contributed by atoms with Gasteiger partial charge in [-0.2, -0.15) is 0 Å². The molecule has 3 nitrogen and oxygen atoms in total. The summed E-state index contributed by atoms with van der Waals surface area (Å²) in [6.45, 7) is 9.88. The van der Waals surface area contributed by atoms with Gasteiger partial charge in [0.2, 0.25) is 0 Å². The number of cyclic esters (lactones) is 1. The van der Waals surface area contributed by atoms with E-state index in [9.17, 15) is 4.79 Å². The topological polar surface area (TPSA) is 35.5 Å². The summed E-state index contributed by atoms with van der Waals surface area (Å²) in [5.41, 5.74) is 1.57. The van der Waals surface area contributed by atoms with Gasteiger partial charge in [0.25, 0.3) is 0 Å². The van der Waals surface area contributed by atoms with Crippen molar-refractivity contribution in [1.82, 2.24) is 0 Å². The maximum atomic E-state index is 11.8. The summed E-state index contributed by atoms with van der Waals surface area (Å²) in [7, 11) is -1.60. The molecule has 0 bridgehead atoms. The van der Waals surface area contributed by atoms with Crippen LogP contribution in [0.1, 0.15) is 130 Å². The van der Waals surface area contributed by atoms with Gasteiger partial charge in [0.1, 0.15) is 0 Å². The van der Waals surface area contributed by atoms with Gasteiger partial charge in [-0.05, 0) is 62.7 Å². The summed E-state index contributed by atoms with van der Waals surface area (Å²) in [6.07, 6.45) is 21.5. The quantitative estimate of drug-likeness (QED) is 0.230. The number of carbonyl (C=O) groups is 1. The van der Waals surface area contributed by atoms with Crippen molar-refractivity contribution >= 4 is 14.3 Å². The summed E-state index contributed by atoms with van der Waals surface area (Å²) in [6, 6.07) is 3.70. The van der Waals surface area contributed by atoms with Crippen LogP contribution in [0.5, 0.6) is 0 Å². The SMILES string of the molecule is C/C=C1\CCCCCCCCCOC(=O)CCCCCCCCC1O[Si](CC)(CC)CC. The molecule has 0 saturated carbocycles. The molecule has 1 rings (SSSR count). The zero-order valence-electron chi connectivity index (χ0n) is 22.0. The van der Waals surface area contributed by atoms with Crippen LogP contribution in [0.15, 0.2) is 11.6 Å². The van der Waals surface area contributed by atoms with Gasteiger partial charge in [-0.1, -0.05) is 91.1 Å². The molecule has 0 aliphatic carbocycles. The first kappa shape index (κ1) is 29.4. The minimum atomic E-state index is -1.60. The number of allylic oxidation sites excluding steroid dienone is 1. The largest absolute Gasteiger partial charge is 0.466 e. The number of hydrogen-bond acceptors (Lipinski definition) is 3. The third-order valence-corrected chi connectivity index (χ3v) is 12.2. The average Bonchev–Trinajstić information content (AvgIpc) is 2.81. The van der Waals surface area contributed by atoms with Crippen molar-refractivity contribution in [1.29, 1.82) is 0 Å². The average molecular weight is 467 g/mol. The Hall–Kier alpha value is -0.613. The fraction of sp³-hybridized carbons (Fsp3) is 0.893. The highest BCUT2D eigenvalue weighted by atomic mass is 28.4. The van der Waals surface area contributed by atoms with Gasteiger partial charge < -0.3 is 9.16 Å². The number of hydrogen-bond donors (Lipinski definition) is 0. The highest BCUT2D eigenvalue weighted by molar-refractivity contribution is 6.73. The van der Waals surface area contributed by atoms with Crippen LogP contribution in [0.3, 0.4) is 0 Å². The molecule has 188 valence electrons. The number of esters is 1.